The summed E-state index contributed by atoms with van der Waals surface area (Å²) in [5.41, 5.74) is 2.17. The number of hydrogen-bond acceptors (Lipinski definition) is 5. The number of carbonyl (C=O) groups excluding carboxylic acids is 4. The van der Waals surface area contributed by atoms with Crippen LogP contribution in [0.3, 0.4) is 0 Å². The first kappa shape index (κ1) is 27.1. The summed E-state index contributed by atoms with van der Waals surface area (Å²) in [5.74, 6) is -1.76. The molecule has 2 aliphatic rings. The largest absolute Gasteiger partial charge is 0.450 e. The van der Waals surface area contributed by atoms with Crippen molar-refractivity contribution in [2.75, 3.05) is 10.8 Å². The van der Waals surface area contributed by atoms with Crippen LogP contribution in [-0.4, -0.2) is 35.6 Å². The lowest BCUT2D eigenvalue weighted by Gasteiger charge is -2.28. The van der Waals surface area contributed by atoms with E-state index in [1.165, 1.54) is 22.6 Å². The van der Waals surface area contributed by atoms with Crippen LogP contribution in [0.1, 0.15) is 57.9 Å². The smallest absolute Gasteiger partial charge is 0.338 e. The lowest BCUT2D eigenvalue weighted by Crippen LogP contribution is -2.31. The van der Waals surface area contributed by atoms with Gasteiger partial charge in [-0.1, -0.05) is 41.9 Å². The molecule has 1 heterocycles. The molecule has 2 fully saturated rings. The number of Topliss-reactive ketones (excluding diaryl/α,β-unsaturated/α-hetero) is 1. The zero-order valence-electron chi connectivity index (χ0n) is 21.1. The van der Waals surface area contributed by atoms with Crippen LogP contribution >= 0.6 is 23.2 Å². The fraction of sp³-hybridized carbons (Fsp3) is 0.290. The molecule has 3 aromatic rings. The van der Waals surface area contributed by atoms with E-state index in [9.17, 15) is 19.2 Å². The highest BCUT2D eigenvalue weighted by Crippen LogP contribution is 2.45. The third-order valence-electron chi connectivity index (χ3n) is 7.60. The molecular formula is C31H27Cl2NO5. The monoisotopic (exact) mass is 563 g/mol. The van der Waals surface area contributed by atoms with Crippen molar-refractivity contribution >= 4 is 52.5 Å². The molecule has 3 aromatic carbocycles. The van der Waals surface area contributed by atoms with Crippen molar-refractivity contribution in [1.82, 2.24) is 0 Å². The highest BCUT2D eigenvalue weighted by Gasteiger charge is 2.50. The molecule has 4 atom stereocenters. The summed E-state index contributed by atoms with van der Waals surface area (Å²) in [6.45, 7) is 0. The summed E-state index contributed by atoms with van der Waals surface area (Å²) in [4.78, 5) is 53.6. The summed E-state index contributed by atoms with van der Waals surface area (Å²) < 4.78 is 5.51. The average molecular weight is 564 g/mol. The molecule has 0 aromatic heterocycles. The van der Waals surface area contributed by atoms with Crippen molar-refractivity contribution in [3.63, 3.8) is 0 Å². The number of carbonyl (C=O) groups is 4. The molecule has 1 aliphatic heterocycles. The third-order valence-corrected chi connectivity index (χ3v) is 8.07. The molecule has 39 heavy (non-hydrogen) atoms. The van der Waals surface area contributed by atoms with Crippen LogP contribution in [0.5, 0.6) is 0 Å². The molecule has 0 unspecified atom stereocenters. The van der Waals surface area contributed by atoms with E-state index in [4.69, 9.17) is 27.9 Å². The summed E-state index contributed by atoms with van der Waals surface area (Å²) in [6.07, 6.45) is 1.26. The van der Waals surface area contributed by atoms with Crippen LogP contribution in [0, 0.1) is 11.8 Å². The number of ketones is 1. The fourth-order valence-corrected chi connectivity index (χ4v) is 5.87. The maximum atomic E-state index is 13.3. The minimum absolute atomic E-state index is 0.128. The van der Waals surface area contributed by atoms with Crippen molar-refractivity contribution < 1.29 is 23.9 Å². The van der Waals surface area contributed by atoms with E-state index >= 15 is 0 Å². The second kappa shape index (κ2) is 11.7. The maximum Gasteiger partial charge on any atom is 0.338 e. The van der Waals surface area contributed by atoms with Gasteiger partial charge in [-0.15, -0.1) is 11.6 Å². The molecule has 0 spiro atoms. The Morgan fingerprint density at radius 1 is 0.846 bits per heavy atom. The molecule has 200 valence electrons. The molecular weight excluding hydrogens is 537 g/mol. The maximum absolute atomic E-state index is 13.3. The predicted molar refractivity (Wildman–Crippen MR) is 149 cm³/mol. The number of anilines is 1. The van der Waals surface area contributed by atoms with E-state index in [1.54, 1.807) is 36.4 Å². The van der Waals surface area contributed by atoms with E-state index in [-0.39, 0.29) is 53.2 Å². The van der Waals surface area contributed by atoms with Crippen molar-refractivity contribution in [3.05, 3.63) is 101 Å². The fourth-order valence-electron chi connectivity index (χ4n) is 5.55. The Morgan fingerprint density at radius 3 is 2.15 bits per heavy atom. The summed E-state index contributed by atoms with van der Waals surface area (Å²) in [6, 6.07) is 22.5. The highest BCUT2D eigenvalue weighted by atomic mass is 35.5. The van der Waals surface area contributed by atoms with Gasteiger partial charge >= 0.3 is 5.97 Å². The van der Waals surface area contributed by atoms with Gasteiger partial charge in [0, 0.05) is 22.9 Å². The minimum Gasteiger partial charge on any atom is -0.450 e. The molecule has 1 saturated heterocycles. The van der Waals surface area contributed by atoms with Gasteiger partial charge < -0.3 is 4.74 Å². The first-order valence-corrected chi connectivity index (χ1v) is 13.9. The standard InChI is InChI=1S/C31H27Cl2NO5/c32-17-16-27(28(35)20-6-11-23(33)12-7-20)39-31(38)21-8-13-24(14-9-21)34-29(36)25-15-10-22(18-26(25)30(34)37)19-4-2-1-3-5-19/h1-9,11-14,22,25-27H,10,15-18H2/t22-,25-,26+,27-/m1/s1. The van der Waals surface area contributed by atoms with Crippen LogP contribution in [0.15, 0.2) is 78.9 Å². The van der Waals surface area contributed by atoms with Crippen molar-refractivity contribution in [2.45, 2.75) is 37.7 Å². The van der Waals surface area contributed by atoms with E-state index in [1.807, 2.05) is 18.2 Å². The topological polar surface area (TPSA) is 80.8 Å². The van der Waals surface area contributed by atoms with Crippen LogP contribution in [0.2, 0.25) is 5.02 Å². The van der Waals surface area contributed by atoms with Crippen LogP contribution in [0.25, 0.3) is 0 Å². The number of fused-ring (bicyclic) bond motifs is 1. The van der Waals surface area contributed by atoms with Crippen molar-refractivity contribution in [1.29, 1.82) is 0 Å². The lowest BCUT2D eigenvalue weighted by atomic mass is 9.73. The Hall–Kier alpha value is -3.48. The third kappa shape index (κ3) is 5.63. The van der Waals surface area contributed by atoms with Crippen LogP contribution < -0.4 is 4.90 Å². The van der Waals surface area contributed by atoms with Gasteiger partial charge in [0.25, 0.3) is 0 Å². The lowest BCUT2D eigenvalue weighted by molar-refractivity contribution is -0.122. The van der Waals surface area contributed by atoms with Gasteiger partial charge in [-0.2, -0.15) is 0 Å². The Morgan fingerprint density at radius 2 is 1.49 bits per heavy atom. The van der Waals surface area contributed by atoms with Gasteiger partial charge in [0.2, 0.25) is 17.6 Å². The van der Waals surface area contributed by atoms with Gasteiger partial charge in [0.15, 0.2) is 6.10 Å². The van der Waals surface area contributed by atoms with E-state index in [0.29, 0.717) is 29.1 Å². The normalized spacial score (nSPS) is 21.4. The predicted octanol–water partition coefficient (Wildman–Crippen LogP) is 6.45. The second-order valence-corrected chi connectivity index (χ2v) is 10.7. The van der Waals surface area contributed by atoms with Gasteiger partial charge in [-0.05, 0) is 79.3 Å². The summed E-state index contributed by atoms with van der Waals surface area (Å²) >= 11 is 11.8. The number of halogens is 2. The van der Waals surface area contributed by atoms with E-state index in [2.05, 4.69) is 12.1 Å². The molecule has 1 aliphatic carbocycles. The Bertz CT molecular complexity index is 1370. The number of rotatable bonds is 8. The van der Waals surface area contributed by atoms with E-state index in [0.717, 1.165) is 6.42 Å². The van der Waals surface area contributed by atoms with Gasteiger partial charge in [-0.3, -0.25) is 19.3 Å². The number of nitrogens with zero attached hydrogens (tertiary/aromatic N) is 1. The average Bonchev–Trinajstić information content (AvgIpc) is 3.22. The van der Waals surface area contributed by atoms with Crippen molar-refractivity contribution in [3.8, 4) is 0 Å². The van der Waals surface area contributed by atoms with Crippen molar-refractivity contribution in [2.24, 2.45) is 11.8 Å². The molecule has 8 heteroatoms. The zero-order valence-corrected chi connectivity index (χ0v) is 22.6. The zero-order chi connectivity index (χ0) is 27.5. The van der Waals surface area contributed by atoms with Crippen LogP contribution in [0.4, 0.5) is 5.69 Å². The molecule has 0 bridgehead atoms. The minimum atomic E-state index is -1.06. The molecule has 0 N–H and O–H groups in total. The van der Waals surface area contributed by atoms with Gasteiger partial charge in [0.1, 0.15) is 0 Å². The second-order valence-electron chi connectivity index (χ2n) is 9.94. The number of amides is 2. The summed E-state index contributed by atoms with van der Waals surface area (Å²) in [5, 5.41) is 0.489. The number of hydrogen-bond donors (Lipinski definition) is 0. The SMILES string of the molecule is O=C(O[C@H](CCCl)C(=O)c1ccc(Cl)cc1)c1ccc(N2C(=O)[C@H]3C[C@H](c4ccccc4)CC[C@H]3C2=O)cc1. The number of alkyl halides is 1. The van der Waals surface area contributed by atoms with Crippen LogP contribution in [-0.2, 0) is 14.3 Å². The summed E-state index contributed by atoms with van der Waals surface area (Å²) in [7, 11) is 0. The van der Waals surface area contributed by atoms with Gasteiger partial charge in [-0.25, -0.2) is 4.79 Å². The highest BCUT2D eigenvalue weighted by molar-refractivity contribution is 6.30. The van der Waals surface area contributed by atoms with E-state index < -0.39 is 12.1 Å². The molecule has 1 saturated carbocycles. The Kier molecular flexibility index (Phi) is 8.15. The molecule has 6 nitrogen and oxygen atoms in total. The Balaban J connectivity index is 1.27. The first-order chi connectivity index (χ1) is 18.9. The number of benzene rings is 3. The molecule has 0 radical (unpaired) electrons. The number of esters is 1. The first-order valence-electron chi connectivity index (χ1n) is 13.0. The number of ether oxygens (including phenoxy) is 1. The number of imide groups is 1. The quantitative estimate of drug-likeness (QED) is 0.136. The molecule has 5 rings (SSSR count). The van der Waals surface area contributed by atoms with Gasteiger partial charge in [0.05, 0.1) is 23.1 Å². The molecule has 2 amide bonds. The Labute approximate surface area is 236 Å².